The lowest BCUT2D eigenvalue weighted by Crippen LogP contribution is -2.53. The zero-order chi connectivity index (χ0) is 27.8. The van der Waals surface area contributed by atoms with E-state index in [2.05, 4.69) is 16.7 Å². The highest BCUT2D eigenvalue weighted by atomic mass is 19.1. The second kappa shape index (κ2) is 13.0. The predicted octanol–water partition coefficient (Wildman–Crippen LogP) is 3.87. The molecule has 1 fully saturated rings. The van der Waals surface area contributed by atoms with Crippen molar-refractivity contribution in [2.24, 2.45) is 5.73 Å². The van der Waals surface area contributed by atoms with Gasteiger partial charge in [0.2, 0.25) is 5.91 Å². The van der Waals surface area contributed by atoms with Gasteiger partial charge in [0.1, 0.15) is 11.6 Å². The van der Waals surface area contributed by atoms with Gasteiger partial charge in [-0.2, -0.15) is 5.26 Å². The summed E-state index contributed by atoms with van der Waals surface area (Å²) in [7, 11) is 0. The third-order valence-electron chi connectivity index (χ3n) is 6.86. The first-order chi connectivity index (χ1) is 18.9. The van der Waals surface area contributed by atoms with Gasteiger partial charge in [-0.3, -0.25) is 9.59 Å². The van der Waals surface area contributed by atoms with Gasteiger partial charge in [-0.1, -0.05) is 30.3 Å². The number of amides is 2. The molecule has 4 rings (SSSR count). The molecule has 4 N–H and O–H groups in total. The van der Waals surface area contributed by atoms with Crippen LogP contribution in [0.4, 0.5) is 10.2 Å². The molecule has 9 heteroatoms. The van der Waals surface area contributed by atoms with Gasteiger partial charge < -0.3 is 21.3 Å². The largest absolute Gasteiger partial charge is 0.369 e. The Morgan fingerprint density at radius 2 is 2.00 bits per heavy atom. The summed E-state index contributed by atoms with van der Waals surface area (Å²) in [6.07, 6.45) is 3.21. The minimum atomic E-state index is -0.594. The zero-order valence-electron chi connectivity index (χ0n) is 22.0. The Labute approximate surface area is 228 Å². The van der Waals surface area contributed by atoms with Gasteiger partial charge in [-0.15, -0.1) is 0 Å². The van der Waals surface area contributed by atoms with E-state index >= 15 is 0 Å². The number of anilines is 1. The molecule has 202 valence electrons. The van der Waals surface area contributed by atoms with Crippen LogP contribution in [0.3, 0.4) is 0 Å². The lowest BCUT2D eigenvalue weighted by Gasteiger charge is -2.36. The normalized spacial score (nSPS) is 15.7. The van der Waals surface area contributed by atoms with Crippen LogP contribution < -0.4 is 16.4 Å². The van der Waals surface area contributed by atoms with E-state index in [0.29, 0.717) is 54.3 Å². The molecule has 2 amide bonds. The number of carbonyl (C=O) groups is 2. The van der Waals surface area contributed by atoms with Crippen LogP contribution in [0.1, 0.15) is 47.7 Å². The maximum Gasteiger partial charge on any atom is 0.255 e. The number of rotatable bonds is 9. The Hall–Kier alpha value is -4.29. The van der Waals surface area contributed by atoms with Crippen molar-refractivity contribution in [3.63, 3.8) is 0 Å². The fourth-order valence-electron chi connectivity index (χ4n) is 4.82. The van der Waals surface area contributed by atoms with Gasteiger partial charge in [0.25, 0.3) is 5.91 Å². The van der Waals surface area contributed by atoms with E-state index in [1.165, 1.54) is 12.1 Å². The second-order valence-electron chi connectivity index (χ2n) is 9.74. The molecule has 0 saturated carbocycles. The molecule has 2 atom stereocenters. The number of aromatic nitrogens is 1. The minimum Gasteiger partial charge on any atom is -0.369 e. The summed E-state index contributed by atoms with van der Waals surface area (Å²) in [4.78, 5) is 32.4. The van der Waals surface area contributed by atoms with Crippen LogP contribution in [0.2, 0.25) is 0 Å². The quantitative estimate of drug-likeness (QED) is 0.387. The van der Waals surface area contributed by atoms with Gasteiger partial charge in [0.15, 0.2) is 0 Å². The van der Waals surface area contributed by atoms with Crippen molar-refractivity contribution in [2.75, 3.05) is 25.0 Å². The number of nitrogens with two attached hydrogens (primary N) is 1. The van der Waals surface area contributed by atoms with E-state index in [-0.39, 0.29) is 23.7 Å². The molecule has 0 aliphatic carbocycles. The molecule has 3 aromatic rings. The minimum absolute atomic E-state index is 0.115. The number of hydrogen-bond acceptors (Lipinski definition) is 6. The standard InChI is InChI=1S/C30H33FN6O2/c1-20(33)30(39)37-16-5-4-10-24(37)19-35-29(38)26-12-13-27(25-11-3-2-8-22(25)18-32)36-28(26)34-15-14-21-7-6-9-23(31)17-21/h2-3,6-9,11-13,17,20,24H,4-5,10,14-16,19,33H2,1H3,(H,34,36)(H,35,38)/t20-,24-/m1/s1. The molecule has 0 radical (unpaired) electrons. The highest BCUT2D eigenvalue weighted by Crippen LogP contribution is 2.25. The number of piperidine rings is 1. The third-order valence-corrected chi connectivity index (χ3v) is 6.86. The molecule has 8 nitrogen and oxygen atoms in total. The van der Waals surface area contributed by atoms with Crippen molar-refractivity contribution in [3.8, 4) is 17.3 Å². The number of halogens is 1. The van der Waals surface area contributed by atoms with Crippen LogP contribution in [0.5, 0.6) is 0 Å². The zero-order valence-corrected chi connectivity index (χ0v) is 22.0. The van der Waals surface area contributed by atoms with Gasteiger partial charge in [-0.05, 0) is 68.5 Å². The van der Waals surface area contributed by atoms with E-state index in [1.807, 2.05) is 18.2 Å². The first kappa shape index (κ1) is 27.7. The second-order valence-corrected chi connectivity index (χ2v) is 9.74. The van der Waals surface area contributed by atoms with Gasteiger partial charge >= 0.3 is 0 Å². The lowest BCUT2D eigenvalue weighted by atomic mass is 10.0. The first-order valence-corrected chi connectivity index (χ1v) is 13.2. The topological polar surface area (TPSA) is 124 Å². The van der Waals surface area contributed by atoms with Crippen molar-refractivity contribution in [1.82, 2.24) is 15.2 Å². The van der Waals surface area contributed by atoms with Crippen molar-refractivity contribution in [2.45, 2.75) is 44.7 Å². The van der Waals surface area contributed by atoms with E-state index in [0.717, 1.165) is 24.8 Å². The summed E-state index contributed by atoms with van der Waals surface area (Å²) >= 11 is 0. The summed E-state index contributed by atoms with van der Waals surface area (Å²) < 4.78 is 13.6. The number of hydrogen-bond donors (Lipinski definition) is 3. The number of benzene rings is 2. The third kappa shape index (κ3) is 6.98. The van der Waals surface area contributed by atoms with Crippen molar-refractivity contribution >= 4 is 17.6 Å². The van der Waals surface area contributed by atoms with E-state index in [9.17, 15) is 19.2 Å². The van der Waals surface area contributed by atoms with E-state index in [4.69, 9.17) is 10.7 Å². The smallest absolute Gasteiger partial charge is 0.255 e. The maximum absolute atomic E-state index is 13.6. The summed E-state index contributed by atoms with van der Waals surface area (Å²) in [5.41, 5.74) is 8.69. The molecule has 0 unspecified atom stereocenters. The highest BCUT2D eigenvalue weighted by Gasteiger charge is 2.29. The molecular weight excluding hydrogens is 495 g/mol. The van der Waals surface area contributed by atoms with Crippen LogP contribution in [0.15, 0.2) is 60.7 Å². The number of pyridine rings is 1. The molecule has 2 heterocycles. The number of likely N-dealkylation sites (tertiary alicyclic amines) is 1. The maximum atomic E-state index is 13.6. The van der Waals surface area contributed by atoms with Gasteiger partial charge in [0, 0.05) is 31.2 Å². The molecule has 1 saturated heterocycles. The number of nitrogens with zero attached hydrogens (tertiary/aromatic N) is 3. The summed E-state index contributed by atoms with van der Waals surface area (Å²) in [6.45, 7) is 3.02. The van der Waals surface area contributed by atoms with Crippen LogP contribution in [-0.2, 0) is 11.2 Å². The molecule has 0 spiro atoms. The Kier molecular flexibility index (Phi) is 9.23. The molecule has 1 aliphatic rings. The number of nitrogens with one attached hydrogen (secondary N) is 2. The lowest BCUT2D eigenvalue weighted by molar-refractivity contribution is -0.135. The predicted molar refractivity (Wildman–Crippen MR) is 148 cm³/mol. The summed E-state index contributed by atoms with van der Waals surface area (Å²) in [5.74, 6) is -0.383. The Balaban J connectivity index is 1.55. The monoisotopic (exact) mass is 528 g/mol. The van der Waals surface area contributed by atoms with Crippen molar-refractivity contribution in [1.29, 1.82) is 5.26 Å². The average Bonchev–Trinajstić information content (AvgIpc) is 2.95. The summed E-state index contributed by atoms with van der Waals surface area (Å²) in [6, 6.07) is 18.4. The van der Waals surface area contributed by atoms with Crippen molar-refractivity contribution in [3.05, 3.63) is 83.2 Å². The fourth-order valence-corrected chi connectivity index (χ4v) is 4.82. The Morgan fingerprint density at radius 3 is 2.77 bits per heavy atom. The Morgan fingerprint density at radius 1 is 1.18 bits per heavy atom. The van der Waals surface area contributed by atoms with E-state index < -0.39 is 6.04 Å². The van der Waals surface area contributed by atoms with E-state index in [1.54, 1.807) is 42.2 Å². The Bertz CT molecular complexity index is 1370. The number of carbonyl (C=O) groups excluding carboxylic acids is 2. The molecule has 39 heavy (non-hydrogen) atoms. The fraction of sp³-hybridized carbons (Fsp3) is 0.333. The molecule has 2 aromatic carbocycles. The van der Waals surface area contributed by atoms with Crippen molar-refractivity contribution < 1.29 is 14.0 Å². The molecule has 1 aliphatic heterocycles. The average molecular weight is 529 g/mol. The number of nitriles is 1. The van der Waals surface area contributed by atoms with Crippen LogP contribution >= 0.6 is 0 Å². The molecule has 1 aromatic heterocycles. The van der Waals surface area contributed by atoms with Gasteiger partial charge in [-0.25, -0.2) is 9.37 Å². The first-order valence-electron chi connectivity index (χ1n) is 13.2. The van der Waals surface area contributed by atoms with Gasteiger partial charge in [0.05, 0.1) is 28.9 Å². The van der Waals surface area contributed by atoms with Crippen LogP contribution in [0, 0.1) is 17.1 Å². The van der Waals surface area contributed by atoms with Crippen LogP contribution in [0.25, 0.3) is 11.3 Å². The SMILES string of the molecule is C[C@@H](N)C(=O)N1CCCC[C@@H]1CNC(=O)c1ccc(-c2ccccc2C#N)nc1NCCc1cccc(F)c1. The summed E-state index contributed by atoms with van der Waals surface area (Å²) in [5, 5.41) is 15.8. The molecule has 0 bridgehead atoms. The molecular formula is C30H33FN6O2. The van der Waals surface area contributed by atoms with Crippen LogP contribution in [-0.4, -0.2) is 53.4 Å². The highest BCUT2D eigenvalue weighted by molar-refractivity contribution is 5.99.